The van der Waals surface area contributed by atoms with Crippen LogP contribution in [0.4, 0.5) is 5.69 Å². The summed E-state index contributed by atoms with van der Waals surface area (Å²) < 4.78 is 4.93. The smallest absolute Gasteiger partial charge is 0.274 e. The Balaban J connectivity index is 2.05. The molecule has 1 heterocycles. The monoisotopic (exact) mass is 361 g/mol. The number of benzene rings is 1. The van der Waals surface area contributed by atoms with Gasteiger partial charge >= 0.3 is 0 Å². The van der Waals surface area contributed by atoms with Crippen LogP contribution in [0.3, 0.4) is 0 Å². The minimum atomic E-state index is -0.403. The molecule has 0 aliphatic carbocycles. The zero-order chi connectivity index (χ0) is 18.2. The van der Waals surface area contributed by atoms with Crippen molar-refractivity contribution in [1.82, 2.24) is 10.3 Å². The van der Waals surface area contributed by atoms with E-state index in [2.05, 4.69) is 15.6 Å². The fourth-order valence-corrected chi connectivity index (χ4v) is 2.30. The lowest BCUT2D eigenvalue weighted by Gasteiger charge is -2.09. The number of aryl methyl sites for hydroxylation is 1. The Kier molecular flexibility index (Phi) is 6.91. The summed E-state index contributed by atoms with van der Waals surface area (Å²) in [6.07, 6.45) is 2.15. The zero-order valence-corrected chi connectivity index (χ0v) is 14.9. The highest BCUT2D eigenvalue weighted by molar-refractivity contribution is 6.31. The third kappa shape index (κ3) is 5.55. The highest BCUT2D eigenvalue weighted by Crippen LogP contribution is 2.20. The van der Waals surface area contributed by atoms with E-state index in [0.29, 0.717) is 35.8 Å². The molecule has 0 atom stereocenters. The van der Waals surface area contributed by atoms with Crippen LogP contribution in [0.1, 0.15) is 32.8 Å². The molecule has 1 aromatic carbocycles. The summed E-state index contributed by atoms with van der Waals surface area (Å²) in [6.45, 7) is 2.94. The van der Waals surface area contributed by atoms with E-state index >= 15 is 0 Å². The van der Waals surface area contributed by atoms with Gasteiger partial charge in [0.25, 0.3) is 11.8 Å². The summed E-state index contributed by atoms with van der Waals surface area (Å²) in [5, 5.41) is 6.06. The third-order valence-corrected chi connectivity index (χ3v) is 3.75. The second kappa shape index (κ2) is 9.15. The van der Waals surface area contributed by atoms with Gasteiger partial charge in [0.1, 0.15) is 5.69 Å². The number of rotatable bonds is 7. The standard InChI is InChI=1S/C18H20ClN3O3/c1-12-4-5-14(19)11-15(12)22-18(24)16-10-13(6-8-20-16)17(23)21-7-3-9-25-2/h4-6,8,10-11H,3,7,9H2,1-2H3,(H,21,23)(H,22,24). The van der Waals surface area contributed by atoms with Gasteiger partial charge in [-0.1, -0.05) is 17.7 Å². The van der Waals surface area contributed by atoms with Crippen molar-refractivity contribution in [3.63, 3.8) is 0 Å². The first-order valence-electron chi connectivity index (χ1n) is 7.82. The first-order valence-corrected chi connectivity index (χ1v) is 8.19. The molecule has 1 aromatic heterocycles. The molecule has 0 aliphatic rings. The number of hydrogen-bond acceptors (Lipinski definition) is 4. The summed E-state index contributed by atoms with van der Waals surface area (Å²) >= 11 is 5.96. The number of aromatic nitrogens is 1. The number of hydrogen-bond donors (Lipinski definition) is 2. The van der Waals surface area contributed by atoms with Crippen LogP contribution in [0.5, 0.6) is 0 Å². The molecule has 2 amide bonds. The average molecular weight is 362 g/mol. The van der Waals surface area contributed by atoms with Crippen LogP contribution >= 0.6 is 11.6 Å². The van der Waals surface area contributed by atoms with Gasteiger partial charge in [-0.05, 0) is 43.2 Å². The number of nitrogens with zero attached hydrogens (tertiary/aromatic N) is 1. The van der Waals surface area contributed by atoms with Crippen LogP contribution in [0.2, 0.25) is 5.02 Å². The van der Waals surface area contributed by atoms with Crippen LogP contribution < -0.4 is 10.6 Å². The predicted molar refractivity (Wildman–Crippen MR) is 97.2 cm³/mol. The number of nitrogens with one attached hydrogen (secondary N) is 2. The quantitative estimate of drug-likeness (QED) is 0.743. The first-order chi connectivity index (χ1) is 12.0. The van der Waals surface area contributed by atoms with E-state index in [0.717, 1.165) is 5.56 Å². The van der Waals surface area contributed by atoms with Crippen LogP contribution in [-0.4, -0.2) is 37.1 Å². The van der Waals surface area contributed by atoms with Crippen molar-refractivity contribution in [2.75, 3.05) is 25.6 Å². The Morgan fingerprint density at radius 3 is 2.76 bits per heavy atom. The number of anilines is 1. The Hall–Kier alpha value is -2.44. The minimum Gasteiger partial charge on any atom is -0.385 e. The molecule has 6 nitrogen and oxygen atoms in total. The van der Waals surface area contributed by atoms with Crippen molar-refractivity contribution in [2.24, 2.45) is 0 Å². The Bertz CT molecular complexity index is 765. The molecular formula is C18H20ClN3O3. The van der Waals surface area contributed by atoms with Crippen LogP contribution in [0, 0.1) is 6.92 Å². The first kappa shape index (κ1) is 18.9. The van der Waals surface area contributed by atoms with Gasteiger partial charge < -0.3 is 15.4 Å². The maximum atomic E-state index is 12.4. The summed E-state index contributed by atoms with van der Waals surface area (Å²) in [5.41, 5.74) is 2.02. The molecule has 2 N–H and O–H groups in total. The summed E-state index contributed by atoms with van der Waals surface area (Å²) in [5.74, 6) is -0.661. The molecule has 0 saturated carbocycles. The van der Waals surface area contributed by atoms with Crippen molar-refractivity contribution in [3.05, 3.63) is 58.4 Å². The van der Waals surface area contributed by atoms with Gasteiger partial charge in [-0.2, -0.15) is 0 Å². The van der Waals surface area contributed by atoms with Crippen molar-refractivity contribution in [1.29, 1.82) is 0 Å². The SMILES string of the molecule is COCCCNC(=O)c1ccnc(C(=O)Nc2cc(Cl)ccc2C)c1. The summed E-state index contributed by atoms with van der Waals surface area (Å²) in [4.78, 5) is 28.5. The second-order valence-corrected chi connectivity index (χ2v) is 5.88. The van der Waals surface area contributed by atoms with Crippen molar-refractivity contribution >= 4 is 29.1 Å². The van der Waals surface area contributed by atoms with Crippen LogP contribution in [0.25, 0.3) is 0 Å². The molecule has 0 saturated heterocycles. The maximum Gasteiger partial charge on any atom is 0.274 e. The molecule has 0 fully saturated rings. The number of methoxy groups -OCH3 is 1. The van der Waals surface area contributed by atoms with E-state index < -0.39 is 5.91 Å². The van der Waals surface area contributed by atoms with Gasteiger partial charge in [-0.3, -0.25) is 14.6 Å². The Labute approximate surface area is 151 Å². The van der Waals surface area contributed by atoms with Gasteiger partial charge in [0, 0.05) is 42.7 Å². The molecule has 0 spiro atoms. The fourth-order valence-electron chi connectivity index (χ4n) is 2.13. The molecule has 2 rings (SSSR count). The lowest BCUT2D eigenvalue weighted by molar-refractivity contribution is 0.0948. The number of amides is 2. The lowest BCUT2D eigenvalue weighted by Crippen LogP contribution is -2.26. The molecule has 0 unspecified atom stereocenters. The number of pyridine rings is 1. The number of ether oxygens (including phenoxy) is 1. The van der Waals surface area contributed by atoms with E-state index in [1.54, 1.807) is 25.3 Å². The predicted octanol–water partition coefficient (Wildman–Crippen LogP) is 3.06. The molecule has 0 radical (unpaired) electrons. The molecule has 2 aromatic rings. The molecule has 0 aliphatic heterocycles. The van der Waals surface area contributed by atoms with Crippen molar-refractivity contribution in [3.8, 4) is 0 Å². The van der Waals surface area contributed by atoms with E-state index in [4.69, 9.17) is 16.3 Å². The van der Waals surface area contributed by atoms with Crippen molar-refractivity contribution < 1.29 is 14.3 Å². The maximum absolute atomic E-state index is 12.4. The minimum absolute atomic E-state index is 0.156. The fraction of sp³-hybridized carbons (Fsp3) is 0.278. The molecule has 0 bridgehead atoms. The Morgan fingerprint density at radius 2 is 2.00 bits per heavy atom. The summed E-state index contributed by atoms with van der Waals surface area (Å²) in [7, 11) is 1.61. The van der Waals surface area contributed by atoms with Gasteiger partial charge in [0.15, 0.2) is 0 Å². The largest absolute Gasteiger partial charge is 0.385 e. The zero-order valence-electron chi connectivity index (χ0n) is 14.1. The third-order valence-electron chi connectivity index (χ3n) is 3.51. The number of carbonyl (C=O) groups excluding carboxylic acids is 2. The average Bonchev–Trinajstić information content (AvgIpc) is 2.61. The van der Waals surface area contributed by atoms with E-state index in [-0.39, 0.29) is 11.6 Å². The number of halogens is 1. The molecule has 7 heteroatoms. The van der Waals surface area contributed by atoms with Gasteiger partial charge in [-0.25, -0.2) is 0 Å². The highest BCUT2D eigenvalue weighted by Gasteiger charge is 2.13. The van der Waals surface area contributed by atoms with E-state index in [9.17, 15) is 9.59 Å². The second-order valence-electron chi connectivity index (χ2n) is 5.45. The number of carbonyl (C=O) groups is 2. The highest BCUT2D eigenvalue weighted by atomic mass is 35.5. The summed E-state index contributed by atoms with van der Waals surface area (Å²) in [6, 6.07) is 8.25. The van der Waals surface area contributed by atoms with Crippen LogP contribution in [-0.2, 0) is 4.74 Å². The lowest BCUT2D eigenvalue weighted by atomic mass is 10.1. The normalized spacial score (nSPS) is 10.4. The van der Waals surface area contributed by atoms with Gasteiger partial charge in [0.05, 0.1) is 0 Å². The van der Waals surface area contributed by atoms with Crippen molar-refractivity contribution in [2.45, 2.75) is 13.3 Å². The van der Waals surface area contributed by atoms with Gasteiger partial charge in [0.2, 0.25) is 0 Å². The van der Waals surface area contributed by atoms with Gasteiger partial charge in [-0.15, -0.1) is 0 Å². The van der Waals surface area contributed by atoms with E-state index in [1.807, 2.05) is 13.0 Å². The van der Waals surface area contributed by atoms with Crippen LogP contribution in [0.15, 0.2) is 36.5 Å². The van der Waals surface area contributed by atoms with E-state index in [1.165, 1.54) is 12.3 Å². The molecule has 132 valence electrons. The molecular weight excluding hydrogens is 342 g/mol. The molecule has 25 heavy (non-hydrogen) atoms. The topological polar surface area (TPSA) is 80.3 Å². The Morgan fingerprint density at radius 1 is 1.20 bits per heavy atom.